The highest BCUT2D eigenvalue weighted by atomic mass is 16.5. The maximum Gasteiger partial charge on any atom is 0.312 e. The van der Waals surface area contributed by atoms with Crippen LogP contribution in [0.25, 0.3) is 6.08 Å². The van der Waals surface area contributed by atoms with E-state index in [1.165, 1.54) is 19.3 Å². The number of Topliss-reactive ketones (excluding diaryl/α,β-unsaturated/α-hetero) is 1. The summed E-state index contributed by atoms with van der Waals surface area (Å²) in [6.45, 7) is 0. The minimum absolute atomic E-state index is 0.0514. The van der Waals surface area contributed by atoms with Crippen LogP contribution in [0.15, 0.2) is 60.4 Å². The first kappa shape index (κ1) is 19.7. The molecule has 0 saturated heterocycles. The molecule has 1 unspecified atom stereocenters. The second-order valence-electron chi connectivity index (χ2n) is 7.55. The van der Waals surface area contributed by atoms with Crippen LogP contribution in [0.5, 0.6) is 28.7 Å². The molecule has 0 aromatic heterocycles. The quantitative estimate of drug-likeness (QED) is 0.365. The molecule has 32 heavy (non-hydrogen) atoms. The highest BCUT2D eigenvalue weighted by Crippen LogP contribution is 2.49. The smallest absolute Gasteiger partial charge is 0.312 e. The normalized spacial score (nSPS) is 18.0. The van der Waals surface area contributed by atoms with Gasteiger partial charge < -0.3 is 24.4 Å². The molecule has 7 heteroatoms. The molecule has 160 valence electrons. The van der Waals surface area contributed by atoms with E-state index in [1.54, 1.807) is 48.5 Å². The lowest BCUT2D eigenvalue weighted by atomic mass is 9.84. The zero-order valence-corrected chi connectivity index (χ0v) is 17.0. The van der Waals surface area contributed by atoms with E-state index in [2.05, 4.69) is 0 Å². The van der Waals surface area contributed by atoms with Gasteiger partial charge in [0.1, 0.15) is 17.2 Å². The van der Waals surface area contributed by atoms with Crippen LogP contribution < -0.4 is 14.2 Å². The Hall–Kier alpha value is -4.26. The number of esters is 1. The average Bonchev–Trinajstić information content (AvgIpc) is 3.08. The third kappa shape index (κ3) is 3.24. The molecule has 5 rings (SSSR count). The average molecular weight is 430 g/mol. The minimum atomic E-state index is -0.439. The van der Waals surface area contributed by atoms with Crippen LogP contribution in [0.1, 0.15) is 39.4 Å². The third-order valence-electron chi connectivity index (χ3n) is 5.55. The number of rotatable bonds is 3. The molecular weight excluding hydrogens is 412 g/mol. The van der Waals surface area contributed by atoms with Gasteiger partial charge in [-0.15, -0.1) is 0 Å². The Morgan fingerprint density at radius 3 is 2.62 bits per heavy atom. The number of carbonyl (C=O) groups excluding carboxylic acids is 2. The molecule has 0 fully saturated rings. The van der Waals surface area contributed by atoms with E-state index in [0.717, 1.165) is 0 Å². The Bertz CT molecular complexity index is 1310. The van der Waals surface area contributed by atoms with Gasteiger partial charge in [0.2, 0.25) is 5.78 Å². The molecule has 2 N–H and O–H groups in total. The Kier molecular flexibility index (Phi) is 4.59. The van der Waals surface area contributed by atoms with Crippen LogP contribution >= 0.6 is 0 Å². The maximum atomic E-state index is 13.0. The molecular formula is C25H18O7. The van der Waals surface area contributed by atoms with Gasteiger partial charge in [0.25, 0.3) is 0 Å². The molecule has 2 aliphatic heterocycles. The maximum absolute atomic E-state index is 13.0. The Labute approximate surface area is 183 Å². The third-order valence-corrected chi connectivity index (χ3v) is 5.55. The van der Waals surface area contributed by atoms with Crippen LogP contribution in [0.4, 0.5) is 0 Å². The van der Waals surface area contributed by atoms with Crippen molar-refractivity contribution < 1.29 is 34.0 Å². The summed E-state index contributed by atoms with van der Waals surface area (Å²) in [7, 11) is 1.45. The number of ketones is 1. The first-order valence-corrected chi connectivity index (χ1v) is 9.92. The number of allylic oxidation sites excluding steroid dienone is 1. The van der Waals surface area contributed by atoms with Crippen molar-refractivity contribution in [3.8, 4) is 28.7 Å². The number of phenols is 2. The van der Waals surface area contributed by atoms with E-state index in [0.29, 0.717) is 39.5 Å². The highest BCUT2D eigenvalue weighted by molar-refractivity contribution is 6.15. The number of methoxy groups -OCH3 is 1. The highest BCUT2D eigenvalue weighted by Gasteiger charge is 2.38. The molecule has 3 aromatic carbocycles. The second kappa shape index (κ2) is 7.46. The summed E-state index contributed by atoms with van der Waals surface area (Å²) in [6.07, 6.45) is 1.59. The summed E-state index contributed by atoms with van der Waals surface area (Å²) in [5.74, 6) is -0.0782. The predicted molar refractivity (Wildman–Crippen MR) is 114 cm³/mol. The van der Waals surface area contributed by atoms with E-state index in [9.17, 15) is 19.8 Å². The number of benzene rings is 3. The standard InChI is InChI=1S/C25H18O7/c1-30-19-7-5-13(9-18(19)27)10-21-24(29)16-6-8-20-23(25(16)32-21)17(12-22(28)31-20)14-3-2-4-15(26)11-14/h2-11,17,26-27H,12H2,1H3. The van der Waals surface area contributed by atoms with Crippen LogP contribution in [0, 0.1) is 0 Å². The SMILES string of the molecule is COc1ccc(C=C2Oc3c(ccc4c3C(c3cccc(O)c3)CC(=O)O4)C2=O)cc1O. The number of aromatic hydroxyl groups is 2. The van der Waals surface area contributed by atoms with Crippen LogP contribution in [-0.4, -0.2) is 29.1 Å². The predicted octanol–water partition coefficient (Wildman–Crippen LogP) is 4.16. The molecule has 0 bridgehead atoms. The van der Waals surface area contributed by atoms with Gasteiger partial charge >= 0.3 is 5.97 Å². The monoisotopic (exact) mass is 430 g/mol. The Morgan fingerprint density at radius 2 is 1.88 bits per heavy atom. The molecule has 2 heterocycles. The van der Waals surface area contributed by atoms with E-state index >= 15 is 0 Å². The van der Waals surface area contributed by atoms with Crippen molar-refractivity contribution in [3.05, 3.63) is 82.6 Å². The van der Waals surface area contributed by atoms with E-state index < -0.39 is 11.9 Å². The molecule has 0 radical (unpaired) electrons. The lowest BCUT2D eigenvalue weighted by Gasteiger charge is -2.26. The van der Waals surface area contributed by atoms with Crippen molar-refractivity contribution in [2.75, 3.05) is 7.11 Å². The van der Waals surface area contributed by atoms with Crippen molar-refractivity contribution in [1.82, 2.24) is 0 Å². The second-order valence-corrected chi connectivity index (χ2v) is 7.55. The summed E-state index contributed by atoms with van der Waals surface area (Å²) >= 11 is 0. The van der Waals surface area contributed by atoms with Crippen molar-refractivity contribution in [2.45, 2.75) is 12.3 Å². The topological polar surface area (TPSA) is 102 Å². The van der Waals surface area contributed by atoms with E-state index in [4.69, 9.17) is 14.2 Å². The van der Waals surface area contributed by atoms with Crippen molar-refractivity contribution in [2.24, 2.45) is 0 Å². The molecule has 1 atom stereocenters. The van der Waals surface area contributed by atoms with E-state index in [-0.39, 0.29) is 29.5 Å². The van der Waals surface area contributed by atoms with Crippen LogP contribution in [0.2, 0.25) is 0 Å². The number of phenolic OH excluding ortho intramolecular Hbond substituents is 2. The number of ether oxygens (including phenoxy) is 3. The van der Waals surface area contributed by atoms with E-state index in [1.807, 2.05) is 0 Å². The molecule has 2 aliphatic rings. The number of fused-ring (bicyclic) bond motifs is 3. The fraction of sp³-hybridized carbons (Fsp3) is 0.120. The summed E-state index contributed by atoms with van der Waals surface area (Å²) in [4.78, 5) is 25.2. The summed E-state index contributed by atoms with van der Waals surface area (Å²) in [5, 5.41) is 19.9. The fourth-order valence-corrected chi connectivity index (χ4v) is 4.08. The van der Waals surface area contributed by atoms with Crippen LogP contribution in [0.3, 0.4) is 0 Å². The first-order chi connectivity index (χ1) is 15.4. The van der Waals surface area contributed by atoms with Crippen molar-refractivity contribution in [3.63, 3.8) is 0 Å². The van der Waals surface area contributed by atoms with Crippen LogP contribution in [-0.2, 0) is 4.79 Å². The summed E-state index contributed by atoms with van der Waals surface area (Å²) < 4.78 is 16.4. The van der Waals surface area contributed by atoms with Crippen molar-refractivity contribution >= 4 is 17.8 Å². The molecule has 3 aromatic rings. The molecule has 0 saturated carbocycles. The molecule has 0 amide bonds. The largest absolute Gasteiger partial charge is 0.508 e. The molecule has 0 aliphatic carbocycles. The Morgan fingerprint density at radius 1 is 1.03 bits per heavy atom. The van der Waals surface area contributed by atoms with Gasteiger partial charge in [0.15, 0.2) is 17.3 Å². The summed E-state index contributed by atoms with van der Waals surface area (Å²) in [5.41, 5.74) is 2.21. The van der Waals surface area contributed by atoms with Gasteiger partial charge in [0, 0.05) is 11.5 Å². The van der Waals surface area contributed by atoms with Gasteiger partial charge in [-0.1, -0.05) is 18.2 Å². The van der Waals surface area contributed by atoms with Gasteiger partial charge in [0.05, 0.1) is 19.1 Å². The van der Waals surface area contributed by atoms with Gasteiger partial charge in [-0.05, 0) is 53.6 Å². The minimum Gasteiger partial charge on any atom is -0.508 e. The lowest BCUT2D eigenvalue weighted by molar-refractivity contribution is -0.135. The first-order valence-electron chi connectivity index (χ1n) is 9.92. The van der Waals surface area contributed by atoms with Gasteiger partial charge in [-0.25, -0.2) is 0 Å². The van der Waals surface area contributed by atoms with Gasteiger partial charge in [-0.3, -0.25) is 9.59 Å². The lowest BCUT2D eigenvalue weighted by Crippen LogP contribution is -2.21. The molecule has 7 nitrogen and oxygen atoms in total. The van der Waals surface area contributed by atoms with Crippen molar-refractivity contribution in [1.29, 1.82) is 0 Å². The molecule has 0 spiro atoms. The zero-order chi connectivity index (χ0) is 22.4. The fourth-order valence-electron chi connectivity index (χ4n) is 4.08. The number of hydrogen-bond acceptors (Lipinski definition) is 7. The Balaban J connectivity index is 1.59. The van der Waals surface area contributed by atoms with Gasteiger partial charge in [-0.2, -0.15) is 0 Å². The summed E-state index contributed by atoms with van der Waals surface area (Å²) in [6, 6.07) is 14.5. The number of carbonyl (C=O) groups is 2. The number of hydrogen-bond donors (Lipinski definition) is 2. The zero-order valence-electron chi connectivity index (χ0n) is 17.0.